The third kappa shape index (κ3) is 2.55. The normalized spacial score (nSPS) is 19.4. The first-order valence-corrected chi connectivity index (χ1v) is 6.84. The number of fused-ring (bicyclic) bond motifs is 1. The monoisotopic (exact) mass is 296 g/mol. The van der Waals surface area contributed by atoms with Gasteiger partial charge in [-0.15, -0.1) is 0 Å². The molecule has 3 rings (SSSR count). The summed E-state index contributed by atoms with van der Waals surface area (Å²) in [7, 11) is 0. The van der Waals surface area contributed by atoms with Gasteiger partial charge in [0.25, 0.3) is 0 Å². The Morgan fingerprint density at radius 3 is 2.81 bits per heavy atom. The Morgan fingerprint density at radius 1 is 1.29 bits per heavy atom. The van der Waals surface area contributed by atoms with Crippen LogP contribution >= 0.6 is 0 Å². The molecule has 1 aliphatic heterocycles. The number of pyridine rings is 1. The highest BCUT2D eigenvalue weighted by atomic mass is 19.4. The second-order valence-corrected chi connectivity index (χ2v) is 5.23. The molecule has 1 unspecified atom stereocenters. The van der Waals surface area contributed by atoms with Crippen molar-refractivity contribution in [2.75, 3.05) is 18.1 Å². The minimum atomic E-state index is -4.37. The van der Waals surface area contributed by atoms with Gasteiger partial charge in [-0.3, -0.25) is 4.98 Å². The molecule has 2 aromatic rings. The zero-order valence-corrected chi connectivity index (χ0v) is 11.3. The number of aliphatic hydroxyl groups excluding tert-OH is 1. The molecule has 1 fully saturated rings. The lowest BCUT2D eigenvalue weighted by atomic mass is 10.1. The van der Waals surface area contributed by atoms with Gasteiger partial charge in [0, 0.05) is 23.8 Å². The average molecular weight is 296 g/mol. The molecule has 1 N–H and O–H groups in total. The maximum Gasteiger partial charge on any atom is 0.416 e. The summed E-state index contributed by atoms with van der Waals surface area (Å²) in [6.45, 7) is 0.843. The fraction of sp³-hybridized carbons (Fsp3) is 0.400. The predicted molar refractivity (Wildman–Crippen MR) is 74.2 cm³/mol. The zero-order valence-electron chi connectivity index (χ0n) is 11.3. The van der Waals surface area contributed by atoms with E-state index in [1.807, 2.05) is 0 Å². The molecule has 1 aromatic carbocycles. The van der Waals surface area contributed by atoms with Crippen LogP contribution in [0.3, 0.4) is 0 Å². The summed E-state index contributed by atoms with van der Waals surface area (Å²) in [6.07, 6.45) is -0.992. The summed E-state index contributed by atoms with van der Waals surface area (Å²) < 4.78 is 38.3. The molecule has 0 aliphatic carbocycles. The third-order valence-corrected chi connectivity index (χ3v) is 3.94. The van der Waals surface area contributed by atoms with Crippen LogP contribution < -0.4 is 4.90 Å². The molecule has 112 valence electrons. The number of anilines is 1. The van der Waals surface area contributed by atoms with E-state index < -0.39 is 11.7 Å². The van der Waals surface area contributed by atoms with E-state index in [0.717, 1.165) is 37.2 Å². The van der Waals surface area contributed by atoms with Gasteiger partial charge in [-0.1, -0.05) is 6.07 Å². The van der Waals surface area contributed by atoms with Gasteiger partial charge in [-0.2, -0.15) is 13.2 Å². The van der Waals surface area contributed by atoms with E-state index in [0.29, 0.717) is 10.9 Å². The summed E-state index contributed by atoms with van der Waals surface area (Å²) in [4.78, 5) is 6.10. The molecule has 21 heavy (non-hydrogen) atoms. The Kier molecular flexibility index (Phi) is 3.49. The Labute approximate surface area is 120 Å². The van der Waals surface area contributed by atoms with Gasteiger partial charge < -0.3 is 10.0 Å². The lowest BCUT2D eigenvalue weighted by molar-refractivity contribution is -0.137. The highest BCUT2D eigenvalue weighted by molar-refractivity contribution is 5.92. The number of benzene rings is 1. The van der Waals surface area contributed by atoms with Crippen molar-refractivity contribution in [3.8, 4) is 0 Å². The van der Waals surface area contributed by atoms with Crippen molar-refractivity contribution >= 4 is 16.6 Å². The highest BCUT2D eigenvalue weighted by Crippen LogP contribution is 2.35. The SMILES string of the molecule is OCC1CCCN1c1ccnc2cc(C(F)(F)F)ccc12. The van der Waals surface area contributed by atoms with E-state index in [1.54, 1.807) is 6.07 Å². The zero-order chi connectivity index (χ0) is 15.0. The van der Waals surface area contributed by atoms with Crippen molar-refractivity contribution in [1.82, 2.24) is 4.98 Å². The first kappa shape index (κ1) is 14.1. The third-order valence-electron chi connectivity index (χ3n) is 3.94. The number of aromatic nitrogens is 1. The highest BCUT2D eigenvalue weighted by Gasteiger charge is 2.31. The minimum absolute atomic E-state index is 0.0258. The number of rotatable bonds is 2. The van der Waals surface area contributed by atoms with Crippen molar-refractivity contribution in [1.29, 1.82) is 0 Å². The average Bonchev–Trinajstić information content (AvgIpc) is 2.93. The minimum Gasteiger partial charge on any atom is -0.394 e. The van der Waals surface area contributed by atoms with Crippen LogP contribution in [0, 0.1) is 0 Å². The molecule has 1 atom stereocenters. The summed E-state index contributed by atoms with van der Waals surface area (Å²) in [6, 6.07) is 5.44. The molecule has 6 heteroatoms. The van der Waals surface area contributed by atoms with Gasteiger partial charge >= 0.3 is 6.18 Å². The van der Waals surface area contributed by atoms with Gasteiger partial charge in [-0.05, 0) is 31.0 Å². The largest absolute Gasteiger partial charge is 0.416 e. The van der Waals surface area contributed by atoms with Gasteiger partial charge in [-0.25, -0.2) is 0 Å². The van der Waals surface area contributed by atoms with Crippen LogP contribution in [0.2, 0.25) is 0 Å². The molecule has 0 amide bonds. The second kappa shape index (κ2) is 5.18. The van der Waals surface area contributed by atoms with Crippen molar-refractivity contribution in [3.05, 3.63) is 36.0 Å². The van der Waals surface area contributed by atoms with E-state index in [4.69, 9.17) is 0 Å². The molecule has 0 saturated carbocycles. The molecule has 3 nitrogen and oxygen atoms in total. The van der Waals surface area contributed by atoms with Gasteiger partial charge in [0.15, 0.2) is 0 Å². The molecular formula is C15H15F3N2O. The summed E-state index contributed by atoms with van der Waals surface area (Å²) >= 11 is 0. The number of aliphatic hydroxyl groups is 1. The summed E-state index contributed by atoms with van der Waals surface area (Å²) in [5.74, 6) is 0. The molecular weight excluding hydrogens is 281 g/mol. The van der Waals surface area contributed by atoms with E-state index in [-0.39, 0.29) is 12.6 Å². The number of hydrogen-bond acceptors (Lipinski definition) is 3. The quantitative estimate of drug-likeness (QED) is 0.924. The fourth-order valence-corrected chi connectivity index (χ4v) is 2.90. The second-order valence-electron chi connectivity index (χ2n) is 5.23. The van der Waals surface area contributed by atoms with Gasteiger partial charge in [0.1, 0.15) is 0 Å². The molecule has 1 aliphatic rings. The Hall–Kier alpha value is -1.82. The van der Waals surface area contributed by atoms with E-state index in [2.05, 4.69) is 9.88 Å². The number of hydrogen-bond donors (Lipinski definition) is 1. The maximum atomic E-state index is 12.8. The smallest absolute Gasteiger partial charge is 0.394 e. The van der Waals surface area contributed by atoms with Crippen LogP contribution in [-0.2, 0) is 6.18 Å². The fourth-order valence-electron chi connectivity index (χ4n) is 2.90. The number of nitrogens with zero attached hydrogens (tertiary/aromatic N) is 2. The Bertz CT molecular complexity index is 657. The number of halogens is 3. The summed E-state index contributed by atoms with van der Waals surface area (Å²) in [5, 5.41) is 10.1. The predicted octanol–water partition coefficient (Wildman–Crippen LogP) is 3.21. The first-order valence-electron chi connectivity index (χ1n) is 6.84. The van der Waals surface area contributed by atoms with E-state index in [9.17, 15) is 18.3 Å². The Morgan fingerprint density at radius 2 is 2.10 bits per heavy atom. The number of alkyl halides is 3. The van der Waals surface area contributed by atoms with Crippen molar-refractivity contribution in [3.63, 3.8) is 0 Å². The van der Waals surface area contributed by atoms with Gasteiger partial charge in [0.05, 0.1) is 23.7 Å². The van der Waals surface area contributed by atoms with Crippen LogP contribution in [0.5, 0.6) is 0 Å². The molecule has 2 heterocycles. The molecule has 1 saturated heterocycles. The van der Waals surface area contributed by atoms with Crippen LogP contribution in [0.4, 0.5) is 18.9 Å². The van der Waals surface area contributed by atoms with Crippen LogP contribution in [0.15, 0.2) is 30.5 Å². The van der Waals surface area contributed by atoms with Crippen LogP contribution in [-0.4, -0.2) is 29.3 Å². The lowest BCUT2D eigenvalue weighted by Crippen LogP contribution is -2.32. The first-order chi connectivity index (χ1) is 10.0. The molecule has 0 radical (unpaired) electrons. The van der Waals surface area contributed by atoms with E-state index >= 15 is 0 Å². The van der Waals surface area contributed by atoms with E-state index in [1.165, 1.54) is 12.3 Å². The molecule has 0 spiro atoms. The topological polar surface area (TPSA) is 36.4 Å². The van der Waals surface area contributed by atoms with Crippen molar-refractivity contribution < 1.29 is 18.3 Å². The standard InChI is InChI=1S/C15H15F3N2O/c16-15(17,18)10-3-4-12-13(8-10)19-6-5-14(12)20-7-1-2-11(20)9-21/h3-6,8,11,21H,1-2,7,9H2. The van der Waals surface area contributed by atoms with Crippen molar-refractivity contribution in [2.24, 2.45) is 0 Å². The van der Waals surface area contributed by atoms with Gasteiger partial charge in [0.2, 0.25) is 0 Å². The lowest BCUT2D eigenvalue weighted by Gasteiger charge is -2.26. The molecule has 0 bridgehead atoms. The van der Waals surface area contributed by atoms with Crippen LogP contribution in [0.1, 0.15) is 18.4 Å². The maximum absolute atomic E-state index is 12.8. The van der Waals surface area contributed by atoms with Crippen LogP contribution in [0.25, 0.3) is 10.9 Å². The Balaban J connectivity index is 2.08. The van der Waals surface area contributed by atoms with Crippen molar-refractivity contribution in [2.45, 2.75) is 25.1 Å². The summed E-state index contributed by atoms with van der Waals surface area (Å²) in [5.41, 5.74) is 0.468. The molecule has 1 aromatic heterocycles.